The number of nitrogens with zero attached hydrogens (tertiary/aromatic N) is 3. The lowest BCUT2D eigenvalue weighted by Gasteiger charge is -2.26. The first kappa shape index (κ1) is 21.7. The summed E-state index contributed by atoms with van der Waals surface area (Å²) in [6.07, 6.45) is 4.64. The van der Waals surface area contributed by atoms with Gasteiger partial charge in [-0.2, -0.15) is 0 Å². The van der Waals surface area contributed by atoms with Crippen molar-refractivity contribution >= 4 is 28.4 Å². The number of carbonyl (C=O) groups excluding carboxylic acids is 2. The van der Waals surface area contributed by atoms with Crippen LogP contribution in [0.25, 0.3) is 27.7 Å². The van der Waals surface area contributed by atoms with Crippen LogP contribution >= 0.6 is 0 Å². The minimum absolute atomic E-state index is 0.0148. The first-order chi connectivity index (χ1) is 15.4. The molecule has 0 bridgehead atoms. The van der Waals surface area contributed by atoms with E-state index in [0.29, 0.717) is 18.7 Å². The number of fused-ring (bicyclic) bond motifs is 1. The van der Waals surface area contributed by atoms with E-state index in [9.17, 15) is 14.0 Å². The summed E-state index contributed by atoms with van der Waals surface area (Å²) in [5.41, 5.74) is 4.40. The Balaban J connectivity index is 1.61. The molecule has 0 unspecified atom stereocenters. The topological polar surface area (TPSA) is 81.3 Å². The second kappa shape index (κ2) is 8.92. The van der Waals surface area contributed by atoms with Crippen LogP contribution in [0.15, 0.2) is 42.6 Å². The molecule has 2 aromatic heterocycles. The van der Waals surface area contributed by atoms with Crippen LogP contribution in [0.4, 0.5) is 4.39 Å². The average molecular weight is 436 g/mol. The predicted molar refractivity (Wildman–Crippen MR) is 123 cm³/mol. The van der Waals surface area contributed by atoms with Gasteiger partial charge in [0.05, 0.1) is 12.1 Å². The van der Waals surface area contributed by atoms with E-state index in [1.54, 1.807) is 31.3 Å². The highest BCUT2D eigenvalue weighted by atomic mass is 19.1. The molecule has 1 aromatic carbocycles. The number of pyridine rings is 1. The standard InChI is InChI=1S/C24H26FN5O2/c1-26-24(32)18-5-4-16(12-20(18)25)17-6-9-27-23-19(17)13-21(28-23)15-7-10-30(11-8-15)14-22(31)29(2)3/h4-7,9,12-13H,8,10-11,14H2,1-3H3,(H,26,32)(H,27,28). The minimum Gasteiger partial charge on any atom is -0.355 e. The zero-order valence-corrected chi connectivity index (χ0v) is 18.4. The van der Waals surface area contributed by atoms with Crippen molar-refractivity contribution in [1.29, 1.82) is 0 Å². The van der Waals surface area contributed by atoms with Gasteiger partial charge in [0.15, 0.2) is 0 Å². The smallest absolute Gasteiger partial charge is 0.253 e. The molecule has 3 heterocycles. The van der Waals surface area contributed by atoms with Crippen LogP contribution in [0.5, 0.6) is 0 Å². The van der Waals surface area contributed by atoms with Gasteiger partial charge in [-0.3, -0.25) is 14.5 Å². The number of hydrogen-bond donors (Lipinski definition) is 2. The van der Waals surface area contributed by atoms with Crippen molar-refractivity contribution in [3.8, 4) is 11.1 Å². The molecule has 32 heavy (non-hydrogen) atoms. The largest absolute Gasteiger partial charge is 0.355 e. The third kappa shape index (κ3) is 4.27. The molecule has 4 rings (SSSR count). The van der Waals surface area contributed by atoms with E-state index in [4.69, 9.17) is 0 Å². The van der Waals surface area contributed by atoms with Gasteiger partial charge >= 0.3 is 0 Å². The number of carbonyl (C=O) groups is 2. The molecule has 0 radical (unpaired) electrons. The molecule has 0 spiro atoms. The van der Waals surface area contributed by atoms with Crippen molar-refractivity contribution in [3.05, 3.63) is 59.7 Å². The van der Waals surface area contributed by atoms with Gasteiger partial charge in [0.25, 0.3) is 5.91 Å². The number of benzene rings is 1. The molecule has 2 N–H and O–H groups in total. The van der Waals surface area contributed by atoms with Crippen molar-refractivity contribution in [2.45, 2.75) is 6.42 Å². The fraction of sp³-hybridized carbons (Fsp3) is 0.292. The van der Waals surface area contributed by atoms with E-state index < -0.39 is 11.7 Å². The van der Waals surface area contributed by atoms with Gasteiger partial charge in [0, 0.05) is 51.5 Å². The van der Waals surface area contributed by atoms with Crippen molar-refractivity contribution in [1.82, 2.24) is 25.1 Å². The van der Waals surface area contributed by atoms with Crippen LogP contribution in [0.2, 0.25) is 0 Å². The van der Waals surface area contributed by atoms with Crippen LogP contribution < -0.4 is 5.32 Å². The van der Waals surface area contributed by atoms with Crippen LogP contribution in [0.1, 0.15) is 22.5 Å². The maximum Gasteiger partial charge on any atom is 0.253 e. The van der Waals surface area contributed by atoms with Crippen molar-refractivity contribution in [2.24, 2.45) is 0 Å². The Morgan fingerprint density at radius 2 is 2.06 bits per heavy atom. The van der Waals surface area contributed by atoms with Crippen molar-refractivity contribution in [2.75, 3.05) is 40.8 Å². The van der Waals surface area contributed by atoms with Gasteiger partial charge in [-0.25, -0.2) is 9.37 Å². The molecule has 1 aliphatic rings. The number of hydrogen-bond acceptors (Lipinski definition) is 4. The van der Waals surface area contributed by atoms with Gasteiger partial charge in [-0.05, 0) is 47.4 Å². The Labute approximate surface area is 185 Å². The summed E-state index contributed by atoms with van der Waals surface area (Å²) < 4.78 is 14.5. The van der Waals surface area contributed by atoms with Gasteiger partial charge in [0.1, 0.15) is 11.5 Å². The highest BCUT2D eigenvalue weighted by molar-refractivity contribution is 5.97. The Kier molecular flexibility index (Phi) is 6.05. The molecule has 3 aromatic rings. The molecule has 0 saturated carbocycles. The van der Waals surface area contributed by atoms with Crippen LogP contribution in [0, 0.1) is 5.82 Å². The highest BCUT2D eigenvalue weighted by Crippen LogP contribution is 2.32. The van der Waals surface area contributed by atoms with E-state index in [2.05, 4.69) is 26.3 Å². The molecule has 0 aliphatic carbocycles. The SMILES string of the molecule is CNC(=O)c1ccc(-c2ccnc3[nH]c(C4=CCN(CC(=O)N(C)C)CC4)cc23)cc1F. The lowest BCUT2D eigenvalue weighted by Crippen LogP contribution is -2.38. The summed E-state index contributed by atoms with van der Waals surface area (Å²) in [5.74, 6) is -0.927. The van der Waals surface area contributed by atoms with E-state index in [-0.39, 0.29) is 11.5 Å². The maximum atomic E-state index is 14.5. The van der Waals surface area contributed by atoms with Crippen LogP contribution in [-0.2, 0) is 4.79 Å². The first-order valence-corrected chi connectivity index (χ1v) is 10.5. The summed E-state index contributed by atoms with van der Waals surface area (Å²) >= 11 is 0. The monoisotopic (exact) mass is 435 g/mol. The molecular weight excluding hydrogens is 409 g/mol. The number of H-pyrrole nitrogens is 1. The van der Waals surface area contributed by atoms with Crippen molar-refractivity contribution in [3.63, 3.8) is 0 Å². The fourth-order valence-electron chi connectivity index (χ4n) is 3.89. The average Bonchev–Trinajstić information content (AvgIpc) is 3.23. The van der Waals surface area contributed by atoms with E-state index >= 15 is 0 Å². The van der Waals surface area contributed by atoms with E-state index in [0.717, 1.165) is 35.3 Å². The van der Waals surface area contributed by atoms with Gasteiger partial charge in [0.2, 0.25) is 5.91 Å². The number of halogens is 1. The second-order valence-electron chi connectivity index (χ2n) is 8.08. The quantitative estimate of drug-likeness (QED) is 0.646. The normalized spacial score (nSPS) is 14.3. The third-order valence-electron chi connectivity index (χ3n) is 5.78. The molecule has 0 fully saturated rings. The molecular formula is C24H26FN5O2. The lowest BCUT2D eigenvalue weighted by molar-refractivity contribution is -0.129. The summed E-state index contributed by atoms with van der Waals surface area (Å²) in [4.78, 5) is 35.3. The van der Waals surface area contributed by atoms with Gasteiger partial charge in [-0.15, -0.1) is 0 Å². The first-order valence-electron chi connectivity index (χ1n) is 10.5. The second-order valence-corrected chi connectivity index (χ2v) is 8.08. The summed E-state index contributed by atoms with van der Waals surface area (Å²) in [6, 6.07) is 8.50. The summed E-state index contributed by atoms with van der Waals surface area (Å²) in [7, 11) is 5.00. The molecule has 2 amide bonds. The molecule has 8 heteroatoms. The summed E-state index contributed by atoms with van der Waals surface area (Å²) in [6.45, 7) is 1.91. The molecule has 0 atom stereocenters. The molecule has 0 saturated heterocycles. The Morgan fingerprint density at radius 3 is 2.72 bits per heavy atom. The number of likely N-dealkylation sites (N-methyl/N-ethyl adjacent to an activating group) is 1. The number of rotatable bonds is 5. The molecule has 7 nitrogen and oxygen atoms in total. The number of nitrogens with one attached hydrogen (secondary N) is 2. The Morgan fingerprint density at radius 1 is 1.25 bits per heavy atom. The van der Waals surface area contributed by atoms with Gasteiger partial charge < -0.3 is 15.2 Å². The van der Waals surface area contributed by atoms with Gasteiger partial charge in [-0.1, -0.05) is 12.1 Å². The van der Waals surface area contributed by atoms with Crippen molar-refractivity contribution < 1.29 is 14.0 Å². The fourth-order valence-corrected chi connectivity index (χ4v) is 3.89. The highest BCUT2D eigenvalue weighted by Gasteiger charge is 2.19. The Hall–Kier alpha value is -3.52. The van der Waals surface area contributed by atoms with E-state index in [1.165, 1.54) is 24.8 Å². The Bertz CT molecular complexity index is 1210. The number of amides is 2. The third-order valence-corrected chi connectivity index (χ3v) is 5.78. The number of aromatic amines is 1. The summed E-state index contributed by atoms with van der Waals surface area (Å²) in [5, 5.41) is 3.33. The minimum atomic E-state index is -0.565. The maximum absolute atomic E-state index is 14.5. The molecule has 166 valence electrons. The lowest BCUT2D eigenvalue weighted by atomic mass is 10.0. The van der Waals surface area contributed by atoms with Crippen LogP contribution in [0.3, 0.4) is 0 Å². The van der Waals surface area contributed by atoms with E-state index in [1.807, 2.05) is 12.1 Å². The number of aromatic nitrogens is 2. The zero-order chi connectivity index (χ0) is 22.8. The predicted octanol–water partition coefficient (Wildman–Crippen LogP) is 2.91. The van der Waals surface area contributed by atoms with Crippen LogP contribution in [-0.4, -0.2) is 72.4 Å². The zero-order valence-electron chi connectivity index (χ0n) is 18.4. The molecule has 1 aliphatic heterocycles.